The van der Waals surface area contributed by atoms with E-state index < -0.39 is 0 Å². The number of Topliss-reactive ketones (excluding diaryl/α,β-unsaturated/α-hetero) is 1. The lowest BCUT2D eigenvalue weighted by atomic mass is 10.1. The molecule has 0 radical (unpaired) electrons. The zero-order chi connectivity index (χ0) is 21.3. The number of rotatable bonds is 7. The van der Waals surface area contributed by atoms with E-state index in [1.807, 2.05) is 24.6 Å². The number of carbonyl (C=O) groups is 2. The fourth-order valence-electron chi connectivity index (χ4n) is 3.02. The van der Waals surface area contributed by atoms with Crippen LogP contribution in [0.3, 0.4) is 0 Å². The second kappa shape index (κ2) is 7.96. The third-order valence-electron chi connectivity index (χ3n) is 4.63. The molecule has 0 aliphatic heterocycles. The highest BCUT2D eigenvalue weighted by molar-refractivity contribution is 5.98. The lowest BCUT2D eigenvalue weighted by Crippen LogP contribution is -2.23. The van der Waals surface area contributed by atoms with Crippen LogP contribution in [0.1, 0.15) is 41.0 Å². The molecule has 0 aliphatic rings. The number of amides is 1. The van der Waals surface area contributed by atoms with Crippen LogP contribution in [0, 0.1) is 0 Å². The Kier molecular flexibility index (Phi) is 5.20. The van der Waals surface area contributed by atoms with Gasteiger partial charge in [-0.2, -0.15) is 4.98 Å². The predicted molar refractivity (Wildman–Crippen MR) is 112 cm³/mol. The fraction of sp³-hybridized carbons (Fsp3) is 0.238. The van der Waals surface area contributed by atoms with Gasteiger partial charge in [0.25, 0.3) is 5.91 Å². The summed E-state index contributed by atoms with van der Waals surface area (Å²) in [6, 6.07) is 10.6. The van der Waals surface area contributed by atoms with E-state index in [4.69, 9.17) is 9.25 Å². The third kappa shape index (κ3) is 3.74. The van der Waals surface area contributed by atoms with Crippen LogP contribution >= 0.6 is 0 Å². The molecule has 2 aromatic carbocycles. The summed E-state index contributed by atoms with van der Waals surface area (Å²) in [6.45, 7) is 3.91. The Bertz CT molecular complexity index is 1260. The standard InChI is InChI=1S/C21H21N5O4/c1-4-9-29-25-19(28)14-6-8-17-16(10-14)22-20(26(17)3)24-21-23-15-7-5-13(12(2)27)11-18(15)30-21/h5-8,10-11H,4,9H2,1-3H3,(H,25,28)(H,22,23,24). The molecule has 9 nitrogen and oxygen atoms in total. The molecule has 0 spiro atoms. The van der Waals surface area contributed by atoms with Gasteiger partial charge in [-0.1, -0.05) is 6.92 Å². The Hall–Kier alpha value is -3.72. The second-order valence-electron chi connectivity index (χ2n) is 6.86. The first-order valence-electron chi connectivity index (χ1n) is 9.53. The number of hydrogen-bond acceptors (Lipinski definition) is 7. The average molecular weight is 407 g/mol. The van der Waals surface area contributed by atoms with Crippen molar-refractivity contribution in [2.45, 2.75) is 20.3 Å². The normalized spacial score (nSPS) is 11.2. The van der Waals surface area contributed by atoms with Crippen molar-refractivity contribution in [2.24, 2.45) is 7.05 Å². The number of hydrogen-bond donors (Lipinski definition) is 2. The minimum Gasteiger partial charge on any atom is -0.423 e. The Morgan fingerprint density at radius 3 is 2.67 bits per heavy atom. The van der Waals surface area contributed by atoms with Crippen LogP contribution in [0.25, 0.3) is 22.1 Å². The average Bonchev–Trinajstić information content (AvgIpc) is 3.27. The Labute approximate surface area is 172 Å². The summed E-state index contributed by atoms with van der Waals surface area (Å²) < 4.78 is 7.56. The molecule has 30 heavy (non-hydrogen) atoms. The topological polar surface area (TPSA) is 111 Å². The molecule has 4 rings (SSSR count). The number of nitrogens with zero attached hydrogens (tertiary/aromatic N) is 3. The highest BCUT2D eigenvalue weighted by Crippen LogP contribution is 2.25. The van der Waals surface area contributed by atoms with Crippen molar-refractivity contribution in [3.63, 3.8) is 0 Å². The zero-order valence-electron chi connectivity index (χ0n) is 16.9. The molecule has 0 fully saturated rings. The molecule has 0 unspecified atom stereocenters. The number of carbonyl (C=O) groups excluding carboxylic acids is 2. The number of anilines is 2. The number of benzene rings is 2. The summed E-state index contributed by atoms with van der Waals surface area (Å²) in [7, 11) is 1.85. The number of fused-ring (bicyclic) bond motifs is 2. The van der Waals surface area contributed by atoms with E-state index in [2.05, 4.69) is 20.8 Å². The number of imidazole rings is 1. The summed E-state index contributed by atoms with van der Waals surface area (Å²) in [5.41, 5.74) is 6.03. The molecule has 1 amide bonds. The van der Waals surface area contributed by atoms with Crippen LogP contribution in [0.5, 0.6) is 0 Å². The van der Waals surface area contributed by atoms with Crippen molar-refractivity contribution >= 4 is 45.8 Å². The van der Waals surface area contributed by atoms with E-state index in [1.54, 1.807) is 30.3 Å². The van der Waals surface area contributed by atoms with Gasteiger partial charge in [0, 0.05) is 18.2 Å². The summed E-state index contributed by atoms with van der Waals surface area (Å²) in [6.07, 6.45) is 0.806. The summed E-state index contributed by atoms with van der Waals surface area (Å²) in [4.78, 5) is 37.8. The molecule has 0 saturated heterocycles. The molecule has 0 atom stereocenters. The number of nitrogens with one attached hydrogen (secondary N) is 2. The van der Waals surface area contributed by atoms with Crippen molar-refractivity contribution < 1.29 is 18.8 Å². The van der Waals surface area contributed by atoms with Crippen LogP contribution in [-0.4, -0.2) is 32.8 Å². The van der Waals surface area contributed by atoms with E-state index in [-0.39, 0.29) is 17.7 Å². The first kappa shape index (κ1) is 19.6. The SMILES string of the molecule is CCCONC(=O)c1ccc2c(c1)nc(Nc1nc3ccc(C(C)=O)cc3o1)n2C. The van der Waals surface area contributed by atoms with Gasteiger partial charge in [-0.05, 0) is 49.7 Å². The Morgan fingerprint density at radius 1 is 1.10 bits per heavy atom. The minimum atomic E-state index is -0.328. The lowest BCUT2D eigenvalue weighted by molar-refractivity contribution is 0.0315. The number of aryl methyl sites for hydroxylation is 1. The van der Waals surface area contributed by atoms with E-state index >= 15 is 0 Å². The van der Waals surface area contributed by atoms with Gasteiger partial charge in [0.1, 0.15) is 5.52 Å². The molecule has 4 aromatic rings. The maximum atomic E-state index is 12.2. The van der Waals surface area contributed by atoms with Crippen molar-refractivity contribution in [1.82, 2.24) is 20.0 Å². The molecule has 2 heterocycles. The lowest BCUT2D eigenvalue weighted by Gasteiger charge is -2.04. The van der Waals surface area contributed by atoms with E-state index in [0.717, 1.165) is 11.9 Å². The monoisotopic (exact) mass is 407 g/mol. The summed E-state index contributed by atoms with van der Waals surface area (Å²) in [5.74, 6) is 0.131. The highest BCUT2D eigenvalue weighted by atomic mass is 16.6. The second-order valence-corrected chi connectivity index (χ2v) is 6.86. The molecule has 0 saturated carbocycles. The number of ketones is 1. The number of oxazole rings is 1. The molecule has 2 N–H and O–H groups in total. The smallest absolute Gasteiger partial charge is 0.302 e. The van der Waals surface area contributed by atoms with Crippen LogP contribution < -0.4 is 10.8 Å². The molecule has 154 valence electrons. The van der Waals surface area contributed by atoms with Gasteiger partial charge in [-0.25, -0.2) is 10.5 Å². The highest BCUT2D eigenvalue weighted by Gasteiger charge is 2.15. The zero-order valence-corrected chi connectivity index (χ0v) is 16.9. The van der Waals surface area contributed by atoms with Crippen LogP contribution in [0.15, 0.2) is 40.8 Å². The van der Waals surface area contributed by atoms with Crippen molar-refractivity contribution in [3.05, 3.63) is 47.5 Å². The van der Waals surface area contributed by atoms with Gasteiger partial charge >= 0.3 is 6.01 Å². The van der Waals surface area contributed by atoms with Crippen LogP contribution in [-0.2, 0) is 11.9 Å². The van der Waals surface area contributed by atoms with E-state index in [1.165, 1.54) is 6.92 Å². The summed E-state index contributed by atoms with van der Waals surface area (Å²) in [5, 5.41) is 3.05. The van der Waals surface area contributed by atoms with Crippen LogP contribution in [0.2, 0.25) is 0 Å². The molecular weight excluding hydrogens is 386 g/mol. The Morgan fingerprint density at radius 2 is 1.90 bits per heavy atom. The van der Waals surface area contributed by atoms with Gasteiger partial charge in [-0.3, -0.25) is 19.7 Å². The number of aromatic nitrogens is 3. The molecule has 0 aliphatic carbocycles. The van der Waals surface area contributed by atoms with Gasteiger partial charge in [0.05, 0.1) is 17.6 Å². The first-order chi connectivity index (χ1) is 14.5. The third-order valence-corrected chi connectivity index (χ3v) is 4.63. The number of hydroxylamine groups is 1. The summed E-state index contributed by atoms with van der Waals surface area (Å²) >= 11 is 0. The van der Waals surface area contributed by atoms with Crippen molar-refractivity contribution in [1.29, 1.82) is 0 Å². The molecule has 0 bridgehead atoms. The quantitative estimate of drug-likeness (QED) is 0.273. The fourth-order valence-corrected chi connectivity index (χ4v) is 3.02. The minimum absolute atomic E-state index is 0.0434. The largest absolute Gasteiger partial charge is 0.423 e. The van der Waals surface area contributed by atoms with Crippen LogP contribution in [0.4, 0.5) is 12.0 Å². The Balaban J connectivity index is 1.60. The first-order valence-corrected chi connectivity index (χ1v) is 9.53. The molecule has 2 aromatic heterocycles. The maximum absolute atomic E-state index is 12.2. The molecule has 9 heteroatoms. The van der Waals surface area contributed by atoms with Gasteiger partial charge in [0.15, 0.2) is 11.4 Å². The van der Waals surface area contributed by atoms with Gasteiger partial charge < -0.3 is 8.98 Å². The van der Waals surface area contributed by atoms with E-state index in [0.29, 0.717) is 40.3 Å². The van der Waals surface area contributed by atoms with E-state index in [9.17, 15) is 9.59 Å². The van der Waals surface area contributed by atoms with Crippen molar-refractivity contribution in [2.75, 3.05) is 11.9 Å². The maximum Gasteiger partial charge on any atom is 0.302 e. The van der Waals surface area contributed by atoms with Crippen molar-refractivity contribution in [3.8, 4) is 0 Å². The predicted octanol–water partition coefficient (Wildman–Crippen LogP) is 3.73. The molecular formula is C21H21N5O4. The van der Waals surface area contributed by atoms with Gasteiger partial charge in [-0.15, -0.1) is 0 Å². The van der Waals surface area contributed by atoms with Gasteiger partial charge in [0.2, 0.25) is 5.95 Å².